The maximum absolute atomic E-state index is 8.99. The van der Waals surface area contributed by atoms with Crippen LogP contribution in [0.2, 0.25) is 0 Å². The van der Waals surface area contributed by atoms with E-state index in [1.54, 1.807) is 18.2 Å². The van der Waals surface area contributed by atoms with E-state index in [1.807, 2.05) is 12.1 Å². The van der Waals surface area contributed by atoms with Crippen molar-refractivity contribution in [1.29, 1.82) is 10.8 Å². The molecule has 0 unspecified atom stereocenters. The van der Waals surface area contributed by atoms with Crippen molar-refractivity contribution in [3.8, 4) is 5.75 Å². The number of benzene rings is 2. The minimum absolute atomic E-state index is 0. The zero-order valence-electron chi connectivity index (χ0n) is 18.9. The molecule has 6 heteroatoms. The number of ether oxygens (including phenoxy) is 1. The van der Waals surface area contributed by atoms with Crippen LogP contribution in [0.1, 0.15) is 45.2 Å². The normalized spacial score (nSPS) is 14.9. The van der Waals surface area contributed by atoms with Gasteiger partial charge in [0.2, 0.25) is 5.90 Å². The van der Waals surface area contributed by atoms with Gasteiger partial charge in [0, 0.05) is 52.4 Å². The molecule has 169 valence electrons. The molecule has 0 aromatic heterocycles. The van der Waals surface area contributed by atoms with Gasteiger partial charge in [0.05, 0.1) is 6.61 Å². The predicted octanol–water partition coefficient (Wildman–Crippen LogP) is 5.94. The van der Waals surface area contributed by atoms with Crippen molar-refractivity contribution in [3.05, 3.63) is 71.4 Å². The quantitative estimate of drug-likeness (QED) is 0.364. The van der Waals surface area contributed by atoms with Crippen molar-refractivity contribution < 1.29 is 26.6 Å². The summed E-state index contributed by atoms with van der Waals surface area (Å²) in [5.74, 6) is 0.889. The summed E-state index contributed by atoms with van der Waals surface area (Å²) in [6, 6.07) is 15.4. The number of hydrogen-bond donors (Lipinski definition) is 3. The number of aliphatic hydroxyl groups excluding tert-OH is 1. The van der Waals surface area contributed by atoms with E-state index in [0.29, 0.717) is 23.8 Å². The molecule has 2 aromatic rings. The van der Waals surface area contributed by atoms with Crippen molar-refractivity contribution in [3.63, 3.8) is 0 Å². The Hall–Kier alpha value is -2.57. The van der Waals surface area contributed by atoms with Crippen molar-refractivity contribution in [2.75, 3.05) is 18.6 Å². The topological polar surface area (TPSA) is 80.4 Å². The Labute approximate surface area is 196 Å². The number of nitrogens with one attached hydrogen (secondary N) is 2. The Morgan fingerprint density at radius 3 is 2.42 bits per heavy atom. The van der Waals surface area contributed by atoms with E-state index >= 15 is 0 Å². The fourth-order valence-corrected chi connectivity index (χ4v) is 3.53. The Bertz CT molecular complexity index is 922. The summed E-state index contributed by atoms with van der Waals surface area (Å²) in [5, 5.41) is 23.3. The van der Waals surface area contributed by atoms with Crippen molar-refractivity contribution in [1.82, 2.24) is 0 Å². The van der Waals surface area contributed by atoms with Crippen molar-refractivity contribution in [2.45, 2.75) is 39.5 Å². The molecular formula is C25H33CoN3O2. The zero-order valence-corrected chi connectivity index (χ0v) is 19.9. The first-order chi connectivity index (χ1) is 14.2. The average molecular weight is 466 g/mol. The van der Waals surface area contributed by atoms with Gasteiger partial charge in [-0.15, -0.1) is 0 Å². The second kappa shape index (κ2) is 11.7. The molecule has 2 aromatic carbocycles. The average Bonchev–Trinajstić information content (AvgIpc) is 2.90. The summed E-state index contributed by atoms with van der Waals surface area (Å²) >= 11 is 0. The summed E-state index contributed by atoms with van der Waals surface area (Å²) in [7, 11) is 2.06. The number of nitrogens with zero attached hydrogens (tertiary/aromatic N) is 1. The molecule has 1 aliphatic heterocycles. The van der Waals surface area contributed by atoms with Crippen LogP contribution >= 0.6 is 0 Å². The molecular weight excluding hydrogens is 433 g/mol. The summed E-state index contributed by atoms with van der Waals surface area (Å²) in [6.07, 6.45) is 4.24. The SMILES string of the molecule is CC(C)CCOc1cccc(C(=N)O)c1.CN1/C(=C\C=N)C(C)(C)c2ccccc21.[Co]. The molecule has 3 rings (SSSR count). The minimum atomic E-state index is -0.427. The molecule has 1 aliphatic rings. The Balaban J connectivity index is 0.000000300. The fourth-order valence-electron chi connectivity index (χ4n) is 3.53. The molecule has 0 aliphatic carbocycles. The number of likely N-dealkylation sites (N-methyl/N-ethyl adjacent to an activating group) is 1. The van der Waals surface area contributed by atoms with Gasteiger partial charge in [0.15, 0.2) is 0 Å². The molecule has 1 radical (unpaired) electrons. The van der Waals surface area contributed by atoms with Gasteiger partial charge in [-0.3, -0.25) is 5.41 Å². The second-order valence-electron chi connectivity index (χ2n) is 8.33. The van der Waals surface area contributed by atoms with Crippen LogP contribution in [0, 0.1) is 16.7 Å². The van der Waals surface area contributed by atoms with Gasteiger partial charge in [-0.2, -0.15) is 0 Å². The van der Waals surface area contributed by atoms with Crippen molar-refractivity contribution in [2.24, 2.45) is 5.92 Å². The Morgan fingerprint density at radius 2 is 1.84 bits per heavy atom. The maximum Gasteiger partial charge on any atom is 0.210 e. The Morgan fingerprint density at radius 1 is 1.16 bits per heavy atom. The third-order valence-electron chi connectivity index (χ3n) is 5.25. The van der Waals surface area contributed by atoms with E-state index in [1.165, 1.54) is 23.2 Å². The third-order valence-corrected chi connectivity index (χ3v) is 5.25. The van der Waals surface area contributed by atoms with E-state index in [2.05, 4.69) is 63.9 Å². The van der Waals surface area contributed by atoms with E-state index in [-0.39, 0.29) is 22.2 Å². The number of para-hydroxylation sites is 1. The predicted molar refractivity (Wildman–Crippen MR) is 126 cm³/mol. The molecule has 0 saturated carbocycles. The van der Waals surface area contributed by atoms with Gasteiger partial charge in [0.1, 0.15) is 5.75 Å². The minimum Gasteiger partial charge on any atom is -0.494 e. The number of aliphatic hydroxyl groups is 1. The van der Waals surface area contributed by atoms with Gasteiger partial charge in [-0.25, -0.2) is 0 Å². The molecule has 1 heterocycles. The van der Waals surface area contributed by atoms with Crippen LogP contribution < -0.4 is 9.64 Å². The molecule has 0 bridgehead atoms. The van der Waals surface area contributed by atoms with Crippen LogP contribution in [0.3, 0.4) is 0 Å². The van der Waals surface area contributed by atoms with E-state index in [0.717, 1.165) is 6.42 Å². The van der Waals surface area contributed by atoms with Crippen molar-refractivity contribution >= 4 is 17.8 Å². The van der Waals surface area contributed by atoms with Gasteiger partial charge in [-0.1, -0.05) is 52.0 Å². The van der Waals surface area contributed by atoms with Crippen LogP contribution in [-0.4, -0.2) is 30.9 Å². The molecule has 0 atom stereocenters. The van der Waals surface area contributed by atoms with Crippen LogP contribution in [0.5, 0.6) is 5.75 Å². The number of hydrogen-bond acceptors (Lipinski definition) is 4. The molecule has 31 heavy (non-hydrogen) atoms. The molecule has 0 saturated heterocycles. The van der Waals surface area contributed by atoms with Gasteiger partial charge in [-0.05, 0) is 48.2 Å². The number of rotatable bonds is 6. The smallest absolute Gasteiger partial charge is 0.210 e. The van der Waals surface area contributed by atoms with Crippen LogP contribution in [0.4, 0.5) is 5.69 Å². The van der Waals surface area contributed by atoms with E-state index in [4.69, 9.17) is 20.7 Å². The molecule has 0 amide bonds. The first-order valence-corrected chi connectivity index (χ1v) is 10.2. The standard InChI is InChI=1S/C13H16N2.C12H17NO2.Co/c1-13(2)10-6-4-5-7-11(10)15(3)12(13)8-9-14;1-9(2)6-7-15-11-5-3-4-10(8-11)12(13)14;/h4-9,14H,1-3H3;3-5,8-9H,6-7H2,1-2H3,(H2,13,14);/b12-8-,14-9?;;. The summed E-state index contributed by atoms with van der Waals surface area (Å²) in [6.45, 7) is 9.35. The number of allylic oxidation sites excluding steroid dienone is 2. The number of fused-ring (bicyclic) bond motifs is 1. The third kappa shape index (κ3) is 6.70. The zero-order chi connectivity index (χ0) is 22.3. The van der Waals surface area contributed by atoms with Crippen LogP contribution in [-0.2, 0) is 22.2 Å². The van der Waals surface area contributed by atoms with E-state index in [9.17, 15) is 0 Å². The number of anilines is 1. The first kappa shape index (κ1) is 26.5. The molecule has 0 spiro atoms. The summed E-state index contributed by atoms with van der Waals surface area (Å²) in [5.41, 5.74) is 4.25. The molecule has 3 N–H and O–H groups in total. The van der Waals surface area contributed by atoms with Gasteiger partial charge >= 0.3 is 0 Å². The summed E-state index contributed by atoms with van der Waals surface area (Å²) < 4.78 is 5.50. The maximum atomic E-state index is 8.99. The van der Waals surface area contributed by atoms with Crippen LogP contribution in [0.15, 0.2) is 60.3 Å². The van der Waals surface area contributed by atoms with Crippen LogP contribution in [0.25, 0.3) is 0 Å². The monoisotopic (exact) mass is 466 g/mol. The summed E-state index contributed by atoms with van der Waals surface area (Å²) in [4.78, 5) is 2.17. The Kier molecular flexibility index (Phi) is 10.0. The largest absolute Gasteiger partial charge is 0.494 e. The fraction of sp³-hybridized carbons (Fsp3) is 0.360. The molecule has 5 nitrogen and oxygen atoms in total. The van der Waals surface area contributed by atoms with Gasteiger partial charge in [0.25, 0.3) is 0 Å². The molecule has 0 fully saturated rings. The first-order valence-electron chi connectivity index (χ1n) is 10.2. The van der Waals surface area contributed by atoms with E-state index < -0.39 is 5.90 Å². The second-order valence-corrected chi connectivity index (χ2v) is 8.33. The van der Waals surface area contributed by atoms with Gasteiger partial charge < -0.3 is 20.2 Å².